The maximum Gasteiger partial charge on any atom is 0.309 e. The number of carbonyl (C=O) groups is 1. The Balaban J connectivity index is 1.83. The molecule has 1 heterocycles. The lowest BCUT2D eigenvalue weighted by molar-refractivity contribution is -0.200. The molecular weight excluding hydrogens is 336 g/mol. The summed E-state index contributed by atoms with van der Waals surface area (Å²) in [4.78, 5) is 12.4. The molecule has 1 spiro atoms. The van der Waals surface area contributed by atoms with Crippen LogP contribution in [0.15, 0.2) is 48.5 Å². The third kappa shape index (κ3) is 1.76. The first kappa shape index (κ1) is 15.0. The summed E-state index contributed by atoms with van der Waals surface area (Å²) in [6.07, 6.45) is -1.67. The molecule has 2 aliphatic rings. The largest absolute Gasteiger partial charge is 0.507 e. The van der Waals surface area contributed by atoms with Crippen molar-refractivity contribution < 1.29 is 29.6 Å². The highest BCUT2D eigenvalue weighted by atomic mass is 16.7. The Morgan fingerprint density at radius 2 is 1.54 bits per heavy atom. The number of rotatable bonds is 0. The molecule has 6 nitrogen and oxygen atoms in total. The lowest BCUT2D eigenvalue weighted by Crippen LogP contribution is -2.55. The van der Waals surface area contributed by atoms with E-state index in [0.717, 1.165) is 10.8 Å². The molecule has 0 fully saturated rings. The summed E-state index contributed by atoms with van der Waals surface area (Å²) >= 11 is 0. The van der Waals surface area contributed by atoms with Crippen LogP contribution < -0.4 is 9.47 Å². The second-order valence-corrected chi connectivity index (χ2v) is 6.48. The van der Waals surface area contributed by atoms with Gasteiger partial charge in [-0.1, -0.05) is 24.3 Å². The normalized spacial score (nSPS) is 19.7. The van der Waals surface area contributed by atoms with Crippen LogP contribution in [0.1, 0.15) is 22.3 Å². The van der Waals surface area contributed by atoms with E-state index in [0.29, 0.717) is 11.5 Å². The van der Waals surface area contributed by atoms with Gasteiger partial charge in [0.2, 0.25) is 0 Å². The van der Waals surface area contributed by atoms with Crippen LogP contribution in [0, 0.1) is 0 Å². The van der Waals surface area contributed by atoms with Crippen molar-refractivity contribution in [2.24, 2.45) is 0 Å². The van der Waals surface area contributed by atoms with E-state index in [9.17, 15) is 20.1 Å². The van der Waals surface area contributed by atoms with E-state index in [1.54, 1.807) is 12.1 Å². The topological polar surface area (TPSA) is 96.2 Å². The summed E-state index contributed by atoms with van der Waals surface area (Å²) in [5.74, 6) is -1.97. The van der Waals surface area contributed by atoms with Gasteiger partial charge in [0, 0.05) is 6.42 Å². The molecule has 130 valence electrons. The van der Waals surface area contributed by atoms with Crippen molar-refractivity contribution in [3.63, 3.8) is 0 Å². The van der Waals surface area contributed by atoms with Crippen molar-refractivity contribution in [2.75, 3.05) is 0 Å². The summed E-state index contributed by atoms with van der Waals surface area (Å²) in [5.41, 5.74) is -0.158. The van der Waals surface area contributed by atoms with E-state index >= 15 is 0 Å². The number of aliphatic hydroxyl groups excluding tert-OH is 1. The van der Waals surface area contributed by atoms with Gasteiger partial charge in [0.1, 0.15) is 29.1 Å². The van der Waals surface area contributed by atoms with Crippen LogP contribution in [-0.4, -0.2) is 27.2 Å². The van der Waals surface area contributed by atoms with Crippen LogP contribution in [0.2, 0.25) is 0 Å². The minimum atomic E-state index is -1.82. The van der Waals surface area contributed by atoms with E-state index in [1.807, 2.05) is 24.3 Å². The summed E-state index contributed by atoms with van der Waals surface area (Å²) in [6.45, 7) is 0. The standard InChI is InChI=1S/C20H14O6/c21-11-7-8-12(22)19-18(11)13(23)9-16(24)20(19)25-14-5-1-3-10-4-2-6-15(26-20)17(10)14/h1-8,16,21-22,24H,9H2/t16-/m1/s1. The molecule has 1 aliphatic heterocycles. The number of hydrogen-bond donors (Lipinski definition) is 3. The zero-order valence-electron chi connectivity index (χ0n) is 13.5. The van der Waals surface area contributed by atoms with Gasteiger partial charge in [-0.25, -0.2) is 0 Å². The molecule has 6 heteroatoms. The molecule has 0 radical (unpaired) electrons. The molecule has 0 aromatic heterocycles. The molecule has 1 atom stereocenters. The number of phenolic OH excluding ortho intramolecular Hbond substituents is 2. The molecule has 0 unspecified atom stereocenters. The van der Waals surface area contributed by atoms with E-state index in [1.165, 1.54) is 12.1 Å². The van der Waals surface area contributed by atoms with Gasteiger partial charge < -0.3 is 24.8 Å². The number of ketones is 1. The van der Waals surface area contributed by atoms with Crippen LogP contribution in [0.5, 0.6) is 23.0 Å². The molecule has 26 heavy (non-hydrogen) atoms. The number of aromatic hydroxyl groups is 2. The second-order valence-electron chi connectivity index (χ2n) is 6.48. The van der Waals surface area contributed by atoms with Crippen LogP contribution in [0.25, 0.3) is 10.8 Å². The average Bonchev–Trinajstić information content (AvgIpc) is 2.62. The number of ether oxygens (including phenoxy) is 2. The quantitative estimate of drug-likeness (QED) is 0.540. The SMILES string of the molecule is O=C1C[C@@H](O)C2(Oc3cccc4cccc(c34)O2)c2c(O)ccc(O)c21. The minimum Gasteiger partial charge on any atom is -0.507 e. The number of benzene rings is 3. The maximum absolute atomic E-state index is 12.4. The predicted molar refractivity (Wildman–Crippen MR) is 91.6 cm³/mol. The maximum atomic E-state index is 12.4. The third-order valence-electron chi connectivity index (χ3n) is 4.96. The second kappa shape index (κ2) is 4.89. The number of phenols is 2. The van der Waals surface area contributed by atoms with Gasteiger partial charge in [-0.05, 0) is 29.7 Å². The van der Waals surface area contributed by atoms with Gasteiger partial charge in [0.15, 0.2) is 5.78 Å². The fraction of sp³-hybridized carbons (Fsp3) is 0.150. The van der Waals surface area contributed by atoms with Crippen LogP contribution in [-0.2, 0) is 5.79 Å². The van der Waals surface area contributed by atoms with Gasteiger partial charge in [-0.15, -0.1) is 0 Å². The van der Waals surface area contributed by atoms with Crippen molar-refractivity contribution in [1.29, 1.82) is 0 Å². The smallest absolute Gasteiger partial charge is 0.309 e. The zero-order valence-corrected chi connectivity index (χ0v) is 13.5. The van der Waals surface area contributed by atoms with E-state index in [2.05, 4.69) is 0 Å². The highest BCUT2D eigenvalue weighted by Gasteiger charge is 2.56. The molecule has 0 amide bonds. The first-order valence-electron chi connectivity index (χ1n) is 8.18. The fourth-order valence-corrected chi connectivity index (χ4v) is 3.82. The monoisotopic (exact) mass is 350 g/mol. The van der Waals surface area contributed by atoms with Gasteiger partial charge in [-0.2, -0.15) is 0 Å². The molecule has 3 N–H and O–H groups in total. The Kier molecular flexibility index (Phi) is 2.83. The number of fused-ring (bicyclic) bond motifs is 2. The van der Waals surface area contributed by atoms with Crippen molar-refractivity contribution in [3.8, 4) is 23.0 Å². The van der Waals surface area contributed by atoms with E-state index < -0.39 is 17.7 Å². The highest BCUT2D eigenvalue weighted by Crippen LogP contribution is 2.52. The van der Waals surface area contributed by atoms with Gasteiger partial charge in [-0.3, -0.25) is 4.79 Å². The lowest BCUT2D eigenvalue weighted by Gasteiger charge is -2.44. The number of carbonyl (C=O) groups excluding carboxylic acids is 1. The molecule has 5 rings (SSSR count). The van der Waals surface area contributed by atoms with Gasteiger partial charge in [0.05, 0.1) is 16.5 Å². The van der Waals surface area contributed by atoms with Crippen molar-refractivity contribution in [1.82, 2.24) is 0 Å². The molecule has 0 saturated carbocycles. The van der Waals surface area contributed by atoms with E-state index in [-0.39, 0.29) is 29.0 Å². The Labute approximate surface area is 147 Å². The molecule has 1 aliphatic carbocycles. The zero-order chi connectivity index (χ0) is 18.1. The first-order chi connectivity index (χ1) is 12.5. The van der Waals surface area contributed by atoms with Crippen molar-refractivity contribution in [3.05, 3.63) is 59.7 Å². The minimum absolute atomic E-state index is 0.0623. The van der Waals surface area contributed by atoms with Crippen LogP contribution in [0.3, 0.4) is 0 Å². The molecule has 3 aromatic carbocycles. The average molecular weight is 350 g/mol. The Hall–Kier alpha value is -3.25. The summed E-state index contributed by atoms with van der Waals surface area (Å²) < 4.78 is 12.1. The fourth-order valence-electron chi connectivity index (χ4n) is 3.82. The predicted octanol–water partition coefficient (Wildman–Crippen LogP) is 2.82. The Morgan fingerprint density at radius 3 is 2.19 bits per heavy atom. The Bertz CT molecular complexity index is 1050. The molecule has 3 aromatic rings. The van der Waals surface area contributed by atoms with E-state index in [4.69, 9.17) is 9.47 Å². The number of Topliss-reactive ketones (excluding diaryl/α,β-unsaturated/α-hetero) is 1. The summed E-state index contributed by atoms with van der Waals surface area (Å²) in [6, 6.07) is 13.4. The van der Waals surface area contributed by atoms with Crippen molar-refractivity contribution >= 4 is 16.6 Å². The van der Waals surface area contributed by atoms with Crippen LogP contribution >= 0.6 is 0 Å². The van der Waals surface area contributed by atoms with Gasteiger partial charge in [0.25, 0.3) is 0 Å². The first-order valence-corrected chi connectivity index (χ1v) is 8.18. The number of hydrogen-bond acceptors (Lipinski definition) is 6. The summed E-state index contributed by atoms with van der Waals surface area (Å²) in [5, 5.41) is 33.0. The molecule has 0 bridgehead atoms. The molecule has 0 saturated heterocycles. The van der Waals surface area contributed by atoms with Crippen molar-refractivity contribution in [2.45, 2.75) is 18.3 Å². The third-order valence-corrected chi connectivity index (χ3v) is 4.96. The molecular formula is C20H14O6. The number of aliphatic hydroxyl groups is 1. The van der Waals surface area contributed by atoms with Crippen LogP contribution in [0.4, 0.5) is 0 Å². The lowest BCUT2D eigenvalue weighted by atomic mass is 9.81. The summed E-state index contributed by atoms with van der Waals surface area (Å²) in [7, 11) is 0. The van der Waals surface area contributed by atoms with Gasteiger partial charge >= 0.3 is 5.79 Å². The Morgan fingerprint density at radius 1 is 0.923 bits per heavy atom. The highest BCUT2D eigenvalue weighted by molar-refractivity contribution is 6.03.